The quantitative estimate of drug-likeness (QED) is 0.0562. The molecule has 8 atom stereocenters. The Bertz CT molecular complexity index is 1620. The van der Waals surface area contributed by atoms with Gasteiger partial charge in [0.05, 0.1) is 0 Å². The molecule has 4 aliphatic heterocycles. The van der Waals surface area contributed by atoms with Gasteiger partial charge in [0.1, 0.15) is 0 Å². The van der Waals surface area contributed by atoms with Crippen LogP contribution in [0.2, 0.25) is 49.6 Å². The molecule has 1 saturated carbocycles. The normalized spacial score (nSPS) is 28.0. The summed E-state index contributed by atoms with van der Waals surface area (Å²) in [5, 5.41) is 0. The van der Waals surface area contributed by atoms with Gasteiger partial charge in [0, 0.05) is 0 Å². The van der Waals surface area contributed by atoms with E-state index < -0.39 is 35.0 Å². The number of unbranched alkanes of at least 4 members (excludes halogenated alkanes) is 3. The monoisotopic (exact) mass is 1110 g/mol. The van der Waals surface area contributed by atoms with E-state index in [0.29, 0.717) is 24.5 Å². The van der Waals surface area contributed by atoms with Crippen molar-refractivity contribution >= 4 is 35.0 Å². The van der Waals surface area contributed by atoms with Crippen LogP contribution < -0.4 is 4.74 Å². The van der Waals surface area contributed by atoms with Crippen LogP contribution in [0, 0.1) is 17.3 Å². The molecule has 4 heterocycles. The Balaban J connectivity index is 1.59. The molecule has 5 fully saturated rings. The van der Waals surface area contributed by atoms with Gasteiger partial charge in [0.25, 0.3) is 0 Å². The molecule has 7 nitrogen and oxygen atoms in total. The summed E-state index contributed by atoms with van der Waals surface area (Å²) in [7, 11) is -2.07. The Labute approximate surface area is 438 Å². The summed E-state index contributed by atoms with van der Waals surface area (Å²) in [5.41, 5.74) is 1.08. The van der Waals surface area contributed by atoms with E-state index >= 15 is 0 Å². The molecule has 6 rings (SSSR count). The number of piperidine rings is 1. The van der Waals surface area contributed by atoms with E-state index in [1.807, 2.05) is 0 Å². The maximum absolute atomic E-state index is 8.32. The molecular formula is C60H110N2O5Si2Sn. The van der Waals surface area contributed by atoms with Gasteiger partial charge in [-0.1, -0.05) is 20.8 Å². The number of hydrogen-bond donors (Lipinski definition) is 0. The molecule has 0 radical (unpaired) electrons. The van der Waals surface area contributed by atoms with Gasteiger partial charge in [0.15, 0.2) is 0 Å². The van der Waals surface area contributed by atoms with Gasteiger partial charge in [-0.15, -0.1) is 0 Å². The summed E-state index contributed by atoms with van der Waals surface area (Å²) in [6.45, 7) is 27.7. The number of hydrogen-bond acceptors (Lipinski definition) is 7. The molecule has 0 spiro atoms. The van der Waals surface area contributed by atoms with Crippen molar-refractivity contribution in [3.63, 3.8) is 0 Å². The van der Waals surface area contributed by atoms with Crippen molar-refractivity contribution in [1.82, 2.24) is 9.80 Å². The van der Waals surface area contributed by atoms with Crippen molar-refractivity contribution in [2.75, 3.05) is 40.0 Å². The van der Waals surface area contributed by atoms with Gasteiger partial charge in [0.2, 0.25) is 0 Å². The number of methoxy groups -OCH3 is 1. The molecule has 0 amide bonds. The molecule has 4 saturated heterocycles. The standard InChI is InChI=1S/C48H83N2O5Si2.3C4H9.Sn/c1-9-43(55-57(13-5,14-6)15-7)45(52-37-39-26-28-41(51-8)29-27-39)48-42-30-33-49-32-23-21-19-17-16-18-20-22-31-47(46(48)49)35-40(42)36-50(48)44(53-38-47)25-24-34-54-56(10-2,11-3)12-4;3*1-3-4-2;/h1,9,26-29,40,42-46H,10-25,30-38H2,2-8H3;3*1,3-4H2,2H3;/t40?,42?,43-,44-,45+,46?,47?,48?;;;;/m0..../s1. The van der Waals surface area contributed by atoms with Gasteiger partial charge >= 0.3 is 402 Å². The number of benzene rings is 1. The molecule has 1 aliphatic carbocycles. The van der Waals surface area contributed by atoms with Crippen LogP contribution in [0.5, 0.6) is 5.75 Å². The van der Waals surface area contributed by atoms with E-state index in [1.165, 1.54) is 159 Å². The van der Waals surface area contributed by atoms with E-state index in [9.17, 15) is 0 Å². The van der Waals surface area contributed by atoms with Crippen LogP contribution in [-0.4, -0.2) is 115 Å². The molecule has 0 aromatic heterocycles. The second-order valence-corrected chi connectivity index (χ2v) is 46.2. The molecule has 70 heavy (non-hydrogen) atoms. The van der Waals surface area contributed by atoms with Crippen molar-refractivity contribution < 1.29 is 23.1 Å². The van der Waals surface area contributed by atoms with E-state index in [-0.39, 0.29) is 29.4 Å². The summed E-state index contributed by atoms with van der Waals surface area (Å²) < 4.78 is 44.3. The Morgan fingerprint density at radius 2 is 1.34 bits per heavy atom. The molecule has 1 aromatic carbocycles. The summed E-state index contributed by atoms with van der Waals surface area (Å²) >= 11 is -2.81. The van der Waals surface area contributed by atoms with Gasteiger partial charge in [-0.25, -0.2) is 0 Å². The zero-order valence-corrected chi connectivity index (χ0v) is 52.3. The van der Waals surface area contributed by atoms with Gasteiger partial charge in [-0.05, 0) is 18.1 Å². The molecule has 5 aliphatic rings. The molecule has 10 heteroatoms. The van der Waals surface area contributed by atoms with Crippen LogP contribution in [0.3, 0.4) is 0 Å². The Morgan fingerprint density at radius 3 is 1.93 bits per heavy atom. The zero-order valence-electron chi connectivity index (χ0n) is 47.4. The first-order chi connectivity index (χ1) is 34.1. The SMILES string of the molecule is CCC[CH2][Sn](/[CH]=C/[C@H](O[Si](CC)(CC)CC)[C@@H](OCc1ccc(OC)cc1)C12C3CCN4CCCCCCCCCCC5(CO[C@@H](CCCO[Si](CC)(CC)CC)N1CC3C5)C42)([CH2]CCC)[CH2]CCC. The van der Waals surface area contributed by atoms with Crippen LogP contribution in [0.4, 0.5) is 0 Å². The van der Waals surface area contributed by atoms with Crippen molar-refractivity contribution in [3.05, 3.63) is 40.0 Å². The molecule has 0 N–H and O–H groups in total. The van der Waals surface area contributed by atoms with E-state index in [1.54, 1.807) is 7.11 Å². The van der Waals surface area contributed by atoms with Gasteiger partial charge in [-0.3, -0.25) is 0 Å². The first-order valence-electron chi connectivity index (χ1n) is 30.5. The Morgan fingerprint density at radius 1 is 0.743 bits per heavy atom. The number of rotatable bonds is 30. The van der Waals surface area contributed by atoms with Crippen molar-refractivity contribution in [3.8, 4) is 5.75 Å². The van der Waals surface area contributed by atoms with E-state index in [0.717, 1.165) is 56.5 Å². The van der Waals surface area contributed by atoms with Crippen LogP contribution >= 0.6 is 0 Å². The van der Waals surface area contributed by atoms with Gasteiger partial charge in [-0.2, -0.15) is 0 Å². The van der Waals surface area contributed by atoms with Crippen LogP contribution in [0.25, 0.3) is 0 Å². The third-order valence-corrected chi connectivity index (χ3v) is 43.4. The molecular weight excluding hydrogens is 1000 g/mol. The first-order valence-corrected chi connectivity index (χ1v) is 43.2. The van der Waals surface area contributed by atoms with Crippen molar-refractivity contribution in [2.45, 2.75) is 271 Å². The van der Waals surface area contributed by atoms with Crippen molar-refractivity contribution in [1.29, 1.82) is 0 Å². The predicted molar refractivity (Wildman–Crippen MR) is 305 cm³/mol. The molecule has 5 unspecified atom stereocenters. The van der Waals surface area contributed by atoms with Crippen LogP contribution in [-0.2, 0) is 24.9 Å². The Kier molecular flexibility index (Phi) is 24.2. The number of ether oxygens (including phenoxy) is 3. The fraction of sp³-hybridized carbons (Fsp3) is 0.867. The minimum atomic E-state index is -2.81. The summed E-state index contributed by atoms with van der Waals surface area (Å²) in [6, 6.07) is 16.2. The van der Waals surface area contributed by atoms with E-state index in [2.05, 4.69) is 107 Å². The van der Waals surface area contributed by atoms with Crippen molar-refractivity contribution in [2.24, 2.45) is 17.3 Å². The minimum absolute atomic E-state index is 0.0553. The first kappa shape index (κ1) is 59.0. The molecule has 402 valence electrons. The zero-order chi connectivity index (χ0) is 50.1. The van der Waals surface area contributed by atoms with E-state index in [4.69, 9.17) is 23.1 Å². The second-order valence-electron chi connectivity index (χ2n) is 23.7. The Hall–Kier alpha value is -0.248. The third kappa shape index (κ3) is 13.6. The number of nitrogens with zero attached hydrogens (tertiary/aromatic N) is 2. The van der Waals surface area contributed by atoms with Crippen LogP contribution in [0.15, 0.2) is 34.4 Å². The topological polar surface area (TPSA) is 52.6 Å². The van der Waals surface area contributed by atoms with Gasteiger partial charge < -0.3 is 0 Å². The summed E-state index contributed by atoms with van der Waals surface area (Å²) in [6.07, 6.45) is 27.4. The third-order valence-electron chi connectivity index (χ3n) is 20.0. The average molecular weight is 1110 g/mol. The molecule has 1 aromatic rings. The summed E-state index contributed by atoms with van der Waals surface area (Å²) in [5.74, 6) is 2.11. The average Bonchev–Trinajstić information content (AvgIpc) is 3.60. The summed E-state index contributed by atoms with van der Waals surface area (Å²) in [4.78, 5) is 6.16. The fourth-order valence-corrected chi connectivity index (χ4v) is 35.2. The predicted octanol–water partition coefficient (Wildman–Crippen LogP) is 16.3. The maximum atomic E-state index is 8.32. The fourth-order valence-electron chi connectivity index (χ4n) is 15.4. The molecule has 5 bridgehead atoms. The van der Waals surface area contributed by atoms with Crippen LogP contribution in [0.1, 0.15) is 190 Å². The second kappa shape index (κ2) is 28.8.